The standard InChI is InChI=1S/C32H38O8/c1-19(2)18-38-26-15-21(13-14-25(26)37-4)24-17-28(34)40-27-16-22-10-6-5-7-11-23(33)12-8-9-20(3)39-32(36)29(22)31(35)30(24)27/h6,10,13-16,19-20,24,35H,5,7-9,11-12,17-18H2,1-4H3. The molecule has 2 aliphatic rings. The molecule has 0 aromatic heterocycles. The molecule has 0 bridgehead atoms. The molecule has 0 spiro atoms. The van der Waals surface area contributed by atoms with Gasteiger partial charge in [0.1, 0.15) is 22.8 Å². The van der Waals surface area contributed by atoms with Gasteiger partial charge in [-0.25, -0.2) is 4.79 Å². The zero-order chi connectivity index (χ0) is 28.8. The highest BCUT2D eigenvalue weighted by Crippen LogP contribution is 2.48. The maximum atomic E-state index is 13.4. The summed E-state index contributed by atoms with van der Waals surface area (Å²) in [6.07, 6.45) is 6.53. The van der Waals surface area contributed by atoms with Crippen molar-refractivity contribution in [1.82, 2.24) is 0 Å². The number of phenolic OH excluding ortho intramolecular Hbond substituents is 1. The topological polar surface area (TPSA) is 108 Å². The van der Waals surface area contributed by atoms with E-state index in [2.05, 4.69) is 0 Å². The minimum atomic E-state index is -0.665. The number of aromatic hydroxyl groups is 1. The fraction of sp³-hybridized carbons (Fsp3) is 0.469. The third kappa shape index (κ3) is 6.84. The molecule has 2 aliphatic heterocycles. The summed E-state index contributed by atoms with van der Waals surface area (Å²) in [4.78, 5) is 38.3. The second-order valence-electron chi connectivity index (χ2n) is 10.9. The molecule has 40 heavy (non-hydrogen) atoms. The van der Waals surface area contributed by atoms with Crippen molar-refractivity contribution < 1.29 is 38.4 Å². The minimum absolute atomic E-state index is 0.0232. The molecule has 2 aromatic carbocycles. The number of fused-ring (bicyclic) bond motifs is 2. The molecule has 8 heteroatoms. The van der Waals surface area contributed by atoms with Gasteiger partial charge in [0, 0.05) is 24.3 Å². The first-order valence-corrected chi connectivity index (χ1v) is 14.0. The van der Waals surface area contributed by atoms with E-state index in [4.69, 9.17) is 18.9 Å². The van der Waals surface area contributed by atoms with Crippen LogP contribution in [0.4, 0.5) is 0 Å². The van der Waals surface area contributed by atoms with Gasteiger partial charge in [-0.3, -0.25) is 9.59 Å². The number of ketones is 1. The number of esters is 2. The van der Waals surface area contributed by atoms with Gasteiger partial charge in [0.15, 0.2) is 11.5 Å². The number of methoxy groups -OCH3 is 1. The molecule has 0 saturated carbocycles. The molecule has 214 valence electrons. The van der Waals surface area contributed by atoms with Crippen molar-refractivity contribution in [3.8, 4) is 23.0 Å². The van der Waals surface area contributed by atoms with E-state index in [1.165, 1.54) is 0 Å². The largest absolute Gasteiger partial charge is 0.507 e. The number of cyclic esters (lactones) is 1. The molecule has 2 unspecified atom stereocenters. The Balaban J connectivity index is 1.80. The Hall–Kier alpha value is -3.81. The molecule has 2 aromatic rings. The lowest BCUT2D eigenvalue weighted by atomic mass is 9.83. The highest BCUT2D eigenvalue weighted by Gasteiger charge is 2.36. The van der Waals surface area contributed by atoms with Crippen molar-refractivity contribution >= 4 is 23.8 Å². The smallest absolute Gasteiger partial charge is 0.342 e. The Bertz CT molecular complexity index is 1290. The number of hydrogen-bond donors (Lipinski definition) is 1. The number of phenols is 1. The molecule has 0 amide bonds. The highest BCUT2D eigenvalue weighted by atomic mass is 16.5. The Morgan fingerprint density at radius 1 is 1.07 bits per heavy atom. The first-order chi connectivity index (χ1) is 19.2. The summed E-state index contributed by atoms with van der Waals surface area (Å²) >= 11 is 0. The van der Waals surface area contributed by atoms with Crippen LogP contribution in [-0.4, -0.2) is 42.6 Å². The maximum Gasteiger partial charge on any atom is 0.342 e. The fourth-order valence-corrected chi connectivity index (χ4v) is 5.08. The SMILES string of the molecule is COc1ccc(C2CC(=O)Oc3cc4c(c(O)c32)C(=O)OC(C)CCCC(=O)CCCC=C4)cc1OCC(C)C. The van der Waals surface area contributed by atoms with E-state index in [0.29, 0.717) is 73.7 Å². The molecule has 0 fully saturated rings. The lowest BCUT2D eigenvalue weighted by Gasteiger charge is -2.28. The molecule has 2 atom stereocenters. The zero-order valence-electron chi connectivity index (χ0n) is 23.7. The van der Waals surface area contributed by atoms with Crippen molar-refractivity contribution in [2.24, 2.45) is 5.92 Å². The van der Waals surface area contributed by atoms with E-state index < -0.39 is 24.0 Å². The van der Waals surface area contributed by atoms with Crippen molar-refractivity contribution in [3.63, 3.8) is 0 Å². The first kappa shape index (κ1) is 29.2. The Morgan fingerprint density at radius 2 is 1.85 bits per heavy atom. The molecule has 1 N–H and O–H groups in total. The van der Waals surface area contributed by atoms with Gasteiger partial charge in [-0.05, 0) is 67.9 Å². The summed E-state index contributed by atoms with van der Waals surface area (Å²) in [5.41, 5.74) is 1.49. The number of ether oxygens (including phenoxy) is 4. The van der Waals surface area contributed by atoms with E-state index in [-0.39, 0.29) is 29.3 Å². The predicted octanol–water partition coefficient (Wildman–Crippen LogP) is 6.36. The molecule has 0 radical (unpaired) electrons. The number of Topliss-reactive ketones (excluding diaryl/α,β-unsaturated/α-hetero) is 1. The highest BCUT2D eigenvalue weighted by molar-refractivity contribution is 5.98. The molecule has 0 saturated heterocycles. The van der Waals surface area contributed by atoms with Crippen LogP contribution in [0.1, 0.15) is 98.7 Å². The van der Waals surface area contributed by atoms with Crippen LogP contribution in [0.5, 0.6) is 23.0 Å². The van der Waals surface area contributed by atoms with Gasteiger partial charge < -0.3 is 24.1 Å². The lowest BCUT2D eigenvalue weighted by molar-refractivity contribution is -0.135. The van der Waals surface area contributed by atoms with Crippen molar-refractivity contribution in [2.75, 3.05) is 13.7 Å². The molecule has 0 aliphatic carbocycles. The Labute approximate surface area is 235 Å². The van der Waals surface area contributed by atoms with Crippen LogP contribution < -0.4 is 14.2 Å². The van der Waals surface area contributed by atoms with E-state index in [9.17, 15) is 19.5 Å². The molecule has 8 nitrogen and oxygen atoms in total. The third-order valence-corrected chi connectivity index (χ3v) is 7.14. The number of hydrogen-bond acceptors (Lipinski definition) is 8. The lowest BCUT2D eigenvalue weighted by Crippen LogP contribution is -2.23. The van der Waals surface area contributed by atoms with Crippen molar-refractivity contribution in [2.45, 2.75) is 77.7 Å². The second-order valence-corrected chi connectivity index (χ2v) is 10.9. The number of allylic oxidation sites excluding steroid dienone is 1. The summed E-state index contributed by atoms with van der Waals surface area (Å²) in [6.45, 7) is 6.34. The van der Waals surface area contributed by atoms with Crippen LogP contribution in [0.25, 0.3) is 6.08 Å². The summed E-state index contributed by atoms with van der Waals surface area (Å²) in [5, 5.41) is 11.6. The van der Waals surface area contributed by atoms with Crippen molar-refractivity contribution in [3.05, 3.63) is 52.6 Å². The predicted molar refractivity (Wildman–Crippen MR) is 150 cm³/mol. The van der Waals surface area contributed by atoms with Gasteiger partial charge >= 0.3 is 11.9 Å². The molecule has 2 heterocycles. The summed E-state index contributed by atoms with van der Waals surface area (Å²) in [5.74, 6) is -0.192. The van der Waals surface area contributed by atoms with Gasteiger partial charge in [0.2, 0.25) is 0 Å². The number of benzene rings is 2. The van der Waals surface area contributed by atoms with Crippen LogP contribution in [-0.2, 0) is 14.3 Å². The summed E-state index contributed by atoms with van der Waals surface area (Å²) in [6, 6.07) is 7.00. The second kappa shape index (κ2) is 13.0. The fourth-order valence-electron chi connectivity index (χ4n) is 5.08. The minimum Gasteiger partial charge on any atom is -0.507 e. The van der Waals surface area contributed by atoms with E-state index in [1.807, 2.05) is 26.0 Å². The Kier molecular flexibility index (Phi) is 9.50. The summed E-state index contributed by atoms with van der Waals surface area (Å²) < 4.78 is 22.7. The monoisotopic (exact) mass is 550 g/mol. The van der Waals surface area contributed by atoms with Gasteiger partial charge in [-0.15, -0.1) is 0 Å². The quantitative estimate of drug-likeness (QED) is 0.339. The van der Waals surface area contributed by atoms with Gasteiger partial charge in [0.25, 0.3) is 0 Å². The zero-order valence-corrected chi connectivity index (χ0v) is 23.7. The third-order valence-electron chi connectivity index (χ3n) is 7.14. The normalized spacial score (nSPS) is 20.2. The summed E-state index contributed by atoms with van der Waals surface area (Å²) in [7, 11) is 1.56. The first-order valence-electron chi connectivity index (χ1n) is 14.0. The van der Waals surface area contributed by atoms with E-state index >= 15 is 0 Å². The number of carbonyl (C=O) groups excluding carboxylic acids is 3. The van der Waals surface area contributed by atoms with Crippen LogP contribution in [0.15, 0.2) is 30.3 Å². The van der Waals surface area contributed by atoms with Crippen LogP contribution in [0.3, 0.4) is 0 Å². The Morgan fingerprint density at radius 3 is 2.60 bits per heavy atom. The van der Waals surface area contributed by atoms with Crippen molar-refractivity contribution in [1.29, 1.82) is 0 Å². The van der Waals surface area contributed by atoms with Crippen LogP contribution in [0.2, 0.25) is 0 Å². The molecular formula is C32H38O8. The van der Waals surface area contributed by atoms with Gasteiger partial charge in [-0.2, -0.15) is 0 Å². The average molecular weight is 551 g/mol. The van der Waals surface area contributed by atoms with Gasteiger partial charge in [0.05, 0.1) is 26.2 Å². The average Bonchev–Trinajstić information content (AvgIpc) is 2.90. The van der Waals surface area contributed by atoms with E-state index in [0.717, 1.165) is 5.56 Å². The number of rotatable bonds is 5. The molecular weight excluding hydrogens is 512 g/mol. The molecule has 4 rings (SSSR count). The van der Waals surface area contributed by atoms with Gasteiger partial charge in [-0.1, -0.05) is 32.1 Å². The maximum absolute atomic E-state index is 13.4. The van der Waals surface area contributed by atoms with Crippen LogP contribution >= 0.6 is 0 Å². The van der Waals surface area contributed by atoms with E-state index in [1.54, 1.807) is 38.3 Å². The van der Waals surface area contributed by atoms with Crippen LogP contribution in [0, 0.1) is 5.92 Å². The number of carbonyl (C=O) groups is 3.